The normalized spacial score (nSPS) is 20.2. The van der Waals surface area contributed by atoms with Crippen molar-refractivity contribution in [1.82, 2.24) is 9.55 Å². The van der Waals surface area contributed by atoms with Gasteiger partial charge in [0.2, 0.25) is 0 Å². The highest BCUT2D eigenvalue weighted by molar-refractivity contribution is 5.44. The van der Waals surface area contributed by atoms with Crippen molar-refractivity contribution in [3.8, 4) is 0 Å². The first-order chi connectivity index (χ1) is 6.20. The summed E-state index contributed by atoms with van der Waals surface area (Å²) in [5, 5.41) is 7.46. The van der Waals surface area contributed by atoms with E-state index in [1.807, 2.05) is 4.57 Å². The second-order valence-corrected chi connectivity index (χ2v) is 3.25. The van der Waals surface area contributed by atoms with Gasteiger partial charge >= 0.3 is 0 Å². The Kier molecular flexibility index (Phi) is 1.77. The van der Waals surface area contributed by atoms with Crippen LogP contribution in [-0.2, 0) is 0 Å². The molecule has 70 valence electrons. The lowest BCUT2D eigenvalue weighted by molar-refractivity contribution is 0.595. The van der Waals surface area contributed by atoms with Gasteiger partial charge in [-0.25, -0.2) is 10.4 Å². The highest BCUT2D eigenvalue weighted by Gasteiger charge is 2.21. The summed E-state index contributed by atoms with van der Waals surface area (Å²) in [6, 6.07) is 0.337. The Morgan fingerprint density at radius 3 is 3.08 bits per heavy atom. The van der Waals surface area contributed by atoms with E-state index in [9.17, 15) is 0 Å². The molecule has 1 atom stereocenters. The van der Waals surface area contributed by atoms with E-state index >= 15 is 0 Å². The molecule has 2 heterocycles. The molecular formula is C7H12N6. The third-order valence-electron chi connectivity index (χ3n) is 2.00. The fourth-order valence-corrected chi connectivity index (χ4v) is 1.29. The van der Waals surface area contributed by atoms with Gasteiger partial charge in [0, 0.05) is 6.04 Å². The maximum Gasteiger partial charge on any atom is 0.167 e. The zero-order valence-corrected chi connectivity index (χ0v) is 7.60. The molecule has 1 aromatic heterocycles. The monoisotopic (exact) mass is 180 g/mol. The second-order valence-electron chi connectivity index (χ2n) is 3.25. The Bertz CT molecular complexity index is 339. The maximum absolute atomic E-state index is 5.68. The number of imidazole rings is 1. The van der Waals surface area contributed by atoms with Crippen LogP contribution >= 0.6 is 0 Å². The van der Waals surface area contributed by atoms with Gasteiger partial charge in [-0.3, -0.25) is 0 Å². The molecule has 1 unspecified atom stereocenters. The average molecular weight is 180 g/mol. The van der Waals surface area contributed by atoms with Gasteiger partial charge in [-0.1, -0.05) is 5.22 Å². The highest BCUT2D eigenvalue weighted by Crippen LogP contribution is 2.27. The number of rotatable bonds is 1. The van der Waals surface area contributed by atoms with Crippen LogP contribution in [0.5, 0.6) is 0 Å². The van der Waals surface area contributed by atoms with Crippen LogP contribution in [0.15, 0.2) is 16.7 Å². The second kappa shape index (κ2) is 2.81. The van der Waals surface area contributed by atoms with Crippen LogP contribution in [0.4, 0.5) is 5.82 Å². The molecule has 0 bridgehead atoms. The van der Waals surface area contributed by atoms with Crippen LogP contribution in [0.1, 0.15) is 31.7 Å². The van der Waals surface area contributed by atoms with Gasteiger partial charge in [-0.15, -0.1) is 5.11 Å². The average Bonchev–Trinajstić information content (AvgIpc) is 2.48. The van der Waals surface area contributed by atoms with Crippen molar-refractivity contribution < 1.29 is 0 Å². The summed E-state index contributed by atoms with van der Waals surface area (Å²) in [5.41, 5.74) is 9.24. The van der Waals surface area contributed by atoms with Crippen molar-refractivity contribution in [2.75, 3.05) is 5.43 Å². The van der Waals surface area contributed by atoms with E-state index in [0.717, 1.165) is 11.5 Å². The number of nitrogens with one attached hydrogen (secondary N) is 1. The largest absolute Gasteiger partial charge is 0.313 e. The molecule has 0 amide bonds. The molecule has 6 nitrogen and oxygen atoms in total. The van der Waals surface area contributed by atoms with Gasteiger partial charge in [0.1, 0.15) is 5.69 Å². The molecule has 1 aliphatic heterocycles. The van der Waals surface area contributed by atoms with Gasteiger partial charge in [0.15, 0.2) is 12.0 Å². The van der Waals surface area contributed by atoms with Gasteiger partial charge in [-0.05, 0) is 13.8 Å². The molecule has 0 fully saturated rings. The standard InChI is InChI=1S/C7H12N6/c1-4(2)13-3-9-5-6(8)10-12-11-7(5)13/h3-4,6H,8H2,1-2H3,(H,10,11). The zero-order chi connectivity index (χ0) is 9.42. The number of nitrogens with zero attached hydrogens (tertiary/aromatic N) is 4. The molecule has 0 saturated carbocycles. The molecular weight excluding hydrogens is 168 g/mol. The first-order valence-corrected chi connectivity index (χ1v) is 4.18. The van der Waals surface area contributed by atoms with E-state index in [4.69, 9.17) is 5.73 Å². The number of aromatic nitrogens is 2. The number of fused-ring (bicyclic) bond motifs is 1. The number of hydrogen-bond donors (Lipinski definition) is 2. The van der Waals surface area contributed by atoms with E-state index < -0.39 is 6.17 Å². The van der Waals surface area contributed by atoms with E-state index in [0.29, 0.717) is 6.04 Å². The maximum atomic E-state index is 5.68. The molecule has 13 heavy (non-hydrogen) atoms. The highest BCUT2D eigenvalue weighted by atomic mass is 15.5. The number of anilines is 1. The van der Waals surface area contributed by atoms with Crippen LogP contribution in [-0.4, -0.2) is 9.55 Å². The van der Waals surface area contributed by atoms with Gasteiger partial charge in [0.25, 0.3) is 0 Å². The molecule has 0 saturated heterocycles. The van der Waals surface area contributed by atoms with E-state index in [-0.39, 0.29) is 0 Å². The van der Waals surface area contributed by atoms with Crippen molar-refractivity contribution in [1.29, 1.82) is 0 Å². The molecule has 0 spiro atoms. The zero-order valence-electron chi connectivity index (χ0n) is 7.60. The first-order valence-electron chi connectivity index (χ1n) is 4.18. The molecule has 3 N–H and O–H groups in total. The number of nitrogens with two attached hydrogens (primary N) is 1. The molecule has 0 aromatic carbocycles. The van der Waals surface area contributed by atoms with Crippen molar-refractivity contribution in [2.45, 2.75) is 26.1 Å². The van der Waals surface area contributed by atoms with E-state index in [2.05, 4.69) is 34.6 Å². The van der Waals surface area contributed by atoms with E-state index in [1.54, 1.807) is 6.33 Å². The Hall–Kier alpha value is -1.43. The van der Waals surface area contributed by atoms with Crippen LogP contribution in [0.2, 0.25) is 0 Å². The minimum Gasteiger partial charge on any atom is -0.313 e. The Morgan fingerprint density at radius 2 is 2.38 bits per heavy atom. The quantitative estimate of drug-likeness (QED) is 0.681. The van der Waals surface area contributed by atoms with Crippen molar-refractivity contribution >= 4 is 5.82 Å². The summed E-state index contributed by atoms with van der Waals surface area (Å²) in [6.45, 7) is 4.14. The lowest BCUT2D eigenvalue weighted by Crippen LogP contribution is -2.15. The predicted octanol–water partition coefficient (Wildman–Crippen LogP) is 1.21. The van der Waals surface area contributed by atoms with E-state index in [1.165, 1.54) is 0 Å². The topological polar surface area (TPSA) is 80.6 Å². The molecule has 2 rings (SSSR count). The van der Waals surface area contributed by atoms with Crippen LogP contribution < -0.4 is 11.2 Å². The summed E-state index contributed by atoms with van der Waals surface area (Å²) in [6.07, 6.45) is 1.31. The van der Waals surface area contributed by atoms with Crippen molar-refractivity contribution in [3.63, 3.8) is 0 Å². The smallest absolute Gasteiger partial charge is 0.167 e. The Balaban J connectivity index is 2.45. The Labute approximate surface area is 75.8 Å². The van der Waals surface area contributed by atoms with Crippen molar-refractivity contribution in [2.24, 2.45) is 16.1 Å². The first kappa shape index (κ1) is 8.18. The molecule has 6 heteroatoms. The minimum absolute atomic E-state index is 0.337. The SMILES string of the molecule is CC(C)n1cnc2c1NN=NC2N. The third-order valence-corrected chi connectivity index (χ3v) is 2.00. The predicted molar refractivity (Wildman–Crippen MR) is 48.0 cm³/mol. The molecule has 0 aliphatic carbocycles. The summed E-state index contributed by atoms with van der Waals surface area (Å²) in [4.78, 5) is 4.18. The van der Waals surface area contributed by atoms with Crippen LogP contribution in [0, 0.1) is 0 Å². The summed E-state index contributed by atoms with van der Waals surface area (Å²) < 4.78 is 1.98. The fraction of sp³-hybridized carbons (Fsp3) is 0.571. The molecule has 1 aromatic rings. The lowest BCUT2D eigenvalue weighted by Gasteiger charge is -2.15. The fourth-order valence-electron chi connectivity index (χ4n) is 1.29. The van der Waals surface area contributed by atoms with Crippen LogP contribution in [0.3, 0.4) is 0 Å². The van der Waals surface area contributed by atoms with Gasteiger partial charge in [0.05, 0.1) is 6.33 Å². The van der Waals surface area contributed by atoms with Crippen molar-refractivity contribution in [3.05, 3.63) is 12.0 Å². The van der Waals surface area contributed by atoms with Gasteiger partial charge < -0.3 is 10.3 Å². The summed E-state index contributed by atoms with van der Waals surface area (Å²) in [7, 11) is 0. The Morgan fingerprint density at radius 1 is 1.62 bits per heavy atom. The lowest BCUT2D eigenvalue weighted by atomic mass is 10.3. The summed E-state index contributed by atoms with van der Waals surface area (Å²) in [5.74, 6) is 0.845. The summed E-state index contributed by atoms with van der Waals surface area (Å²) >= 11 is 0. The third kappa shape index (κ3) is 1.19. The number of hydrogen-bond acceptors (Lipinski definition) is 5. The molecule has 1 aliphatic rings. The minimum atomic E-state index is -0.434. The molecule has 0 radical (unpaired) electrons. The van der Waals surface area contributed by atoms with Crippen LogP contribution in [0.25, 0.3) is 0 Å². The van der Waals surface area contributed by atoms with Gasteiger partial charge in [-0.2, -0.15) is 0 Å².